The molecule has 6 heteroatoms. The van der Waals surface area contributed by atoms with Crippen molar-refractivity contribution in [2.75, 3.05) is 0 Å². The molecule has 4 rings (SSSR count). The molecular weight excluding hydrogens is 343 g/mol. The van der Waals surface area contributed by atoms with Gasteiger partial charge in [0.05, 0.1) is 5.41 Å². The van der Waals surface area contributed by atoms with Crippen LogP contribution in [-0.2, 0) is 5.41 Å². The molecule has 1 heterocycles. The zero-order valence-electron chi connectivity index (χ0n) is 15.3. The predicted octanol–water partition coefficient (Wildman–Crippen LogP) is 3.84. The summed E-state index contributed by atoms with van der Waals surface area (Å²) in [5.74, 6) is 0.957. The number of nitrogens with zero attached hydrogens (tertiary/aromatic N) is 3. The maximum Gasteiger partial charge on any atom is 0.248 e. The molecule has 0 radical (unpaired) electrons. The summed E-state index contributed by atoms with van der Waals surface area (Å²) in [6, 6.07) is 13.9. The third kappa shape index (κ3) is 2.91. The molecule has 0 aliphatic heterocycles. The zero-order chi connectivity index (χ0) is 19.2. The molecule has 138 valence electrons. The molecule has 27 heavy (non-hydrogen) atoms. The van der Waals surface area contributed by atoms with Crippen LogP contribution in [0.2, 0.25) is 0 Å². The highest BCUT2D eigenvalue weighted by Crippen LogP contribution is 2.53. The Hall–Kier alpha value is -3.02. The number of carbonyl (C=O) groups is 1. The monoisotopic (exact) mass is 364 g/mol. The normalized spacial score (nSPS) is 15.1. The number of hydrogen-bond donors (Lipinski definition) is 1. The van der Waals surface area contributed by atoms with Gasteiger partial charge in [0.15, 0.2) is 5.82 Å². The van der Waals surface area contributed by atoms with Crippen LogP contribution in [0, 0.1) is 5.82 Å². The van der Waals surface area contributed by atoms with Gasteiger partial charge in [-0.05, 0) is 56.5 Å². The maximum absolute atomic E-state index is 13.4. The Labute approximate surface area is 157 Å². The van der Waals surface area contributed by atoms with E-state index in [1.54, 1.807) is 12.1 Å². The summed E-state index contributed by atoms with van der Waals surface area (Å²) in [7, 11) is 0. The highest BCUT2D eigenvalue weighted by Gasteiger charge is 2.50. The lowest BCUT2D eigenvalue weighted by Gasteiger charge is -2.20. The molecule has 1 amide bonds. The Morgan fingerprint density at radius 2 is 1.70 bits per heavy atom. The quantitative estimate of drug-likeness (QED) is 0.747. The van der Waals surface area contributed by atoms with Crippen LogP contribution in [0.25, 0.3) is 11.4 Å². The van der Waals surface area contributed by atoms with E-state index in [9.17, 15) is 9.18 Å². The molecule has 0 saturated heterocycles. The molecule has 0 spiro atoms. The second-order valence-corrected chi connectivity index (χ2v) is 7.34. The minimum Gasteiger partial charge on any atom is -0.366 e. The van der Waals surface area contributed by atoms with Gasteiger partial charge < -0.3 is 10.3 Å². The molecule has 2 N–H and O–H groups in total. The summed E-state index contributed by atoms with van der Waals surface area (Å²) in [6.45, 7) is 4.18. The van der Waals surface area contributed by atoms with Crippen molar-refractivity contribution in [2.24, 2.45) is 5.73 Å². The summed E-state index contributed by atoms with van der Waals surface area (Å²) in [5.41, 5.74) is 7.51. The van der Waals surface area contributed by atoms with Gasteiger partial charge in [0.2, 0.25) is 5.91 Å². The lowest BCUT2D eigenvalue weighted by molar-refractivity contribution is 0.100. The molecule has 5 nitrogen and oxygen atoms in total. The Kier molecular flexibility index (Phi) is 4.06. The number of halogens is 1. The van der Waals surface area contributed by atoms with Crippen LogP contribution in [0.3, 0.4) is 0 Å². The summed E-state index contributed by atoms with van der Waals surface area (Å²) in [4.78, 5) is 11.3. The number of hydrogen-bond acceptors (Lipinski definition) is 3. The first-order chi connectivity index (χ1) is 12.9. The number of nitrogens with two attached hydrogens (primary N) is 1. The Morgan fingerprint density at radius 3 is 2.22 bits per heavy atom. The average Bonchev–Trinajstić information content (AvgIpc) is 3.33. The van der Waals surface area contributed by atoms with Gasteiger partial charge >= 0.3 is 0 Å². The Balaban J connectivity index is 1.80. The second kappa shape index (κ2) is 6.30. The van der Waals surface area contributed by atoms with Crippen LogP contribution in [0.5, 0.6) is 0 Å². The van der Waals surface area contributed by atoms with Crippen molar-refractivity contribution < 1.29 is 9.18 Å². The molecule has 1 saturated carbocycles. The van der Waals surface area contributed by atoms with Crippen molar-refractivity contribution in [1.29, 1.82) is 0 Å². The number of carbonyl (C=O) groups excluding carboxylic acids is 1. The van der Waals surface area contributed by atoms with E-state index in [-0.39, 0.29) is 17.3 Å². The van der Waals surface area contributed by atoms with Gasteiger partial charge in [0.1, 0.15) is 11.6 Å². The molecule has 0 unspecified atom stereocenters. The minimum atomic E-state index is -0.458. The molecule has 2 aromatic carbocycles. The third-order valence-corrected chi connectivity index (χ3v) is 5.21. The molecule has 1 aliphatic carbocycles. The molecule has 1 fully saturated rings. The van der Waals surface area contributed by atoms with Crippen molar-refractivity contribution >= 4 is 5.91 Å². The van der Waals surface area contributed by atoms with E-state index >= 15 is 0 Å². The van der Waals surface area contributed by atoms with Gasteiger partial charge in [-0.2, -0.15) is 0 Å². The second-order valence-electron chi connectivity index (χ2n) is 7.34. The first-order valence-electron chi connectivity index (χ1n) is 9.04. The van der Waals surface area contributed by atoms with E-state index in [0.717, 1.165) is 35.6 Å². The fourth-order valence-corrected chi connectivity index (χ4v) is 3.62. The topological polar surface area (TPSA) is 73.8 Å². The summed E-state index contributed by atoms with van der Waals surface area (Å²) in [5, 5.41) is 8.99. The van der Waals surface area contributed by atoms with Gasteiger partial charge in [0, 0.05) is 17.2 Å². The Morgan fingerprint density at radius 1 is 1.07 bits per heavy atom. The number of aromatic nitrogens is 3. The molecule has 1 aromatic heterocycles. The molecule has 0 atom stereocenters. The van der Waals surface area contributed by atoms with Gasteiger partial charge in [-0.15, -0.1) is 10.2 Å². The summed E-state index contributed by atoms with van der Waals surface area (Å²) < 4.78 is 15.5. The van der Waals surface area contributed by atoms with E-state index in [0.29, 0.717) is 5.56 Å². The van der Waals surface area contributed by atoms with Crippen LogP contribution in [-0.4, -0.2) is 20.7 Å². The molecule has 0 bridgehead atoms. The van der Waals surface area contributed by atoms with E-state index in [2.05, 4.69) is 28.6 Å². The predicted molar refractivity (Wildman–Crippen MR) is 101 cm³/mol. The first-order valence-corrected chi connectivity index (χ1v) is 9.04. The third-order valence-electron chi connectivity index (χ3n) is 5.21. The lowest BCUT2D eigenvalue weighted by Crippen LogP contribution is -2.18. The van der Waals surface area contributed by atoms with E-state index in [1.807, 2.05) is 24.3 Å². The SMILES string of the molecule is CC(C)n1c(-c2ccc(C(N)=O)cc2)nnc1C1(c2ccc(F)cc2)CC1. The van der Waals surface area contributed by atoms with Gasteiger partial charge in [-0.3, -0.25) is 4.79 Å². The van der Waals surface area contributed by atoms with Crippen molar-refractivity contribution in [3.8, 4) is 11.4 Å². The average molecular weight is 364 g/mol. The fraction of sp³-hybridized carbons (Fsp3) is 0.286. The molecule has 3 aromatic rings. The number of benzene rings is 2. The van der Waals surface area contributed by atoms with Crippen molar-refractivity contribution in [3.05, 3.63) is 71.3 Å². The molecular formula is C21H21FN4O. The van der Waals surface area contributed by atoms with Crippen molar-refractivity contribution in [2.45, 2.75) is 38.1 Å². The van der Waals surface area contributed by atoms with E-state index in [4.69, 9.17) is 5.73 Å². The highest BCUT2D eigenvalue weighted by atomic mass is 19.1. The largest absolute Gasteiger partial charge is 0.366 e. The minimum absolute atomic E-state index is 0.152. The zero-order valence-corrected chi connectivity index (χ0v) is 15.3. The first kappa shape index (κ1) is 17.4. The standard InChI is InChI=1S/C21H21FN4O/c1-13(2)26-19(15-5-3-14(4-6-15)18(23)27)24-25-20(26)21(11-12-21)16-7-9-17(22)10-8-16/h3-10,13H,11-12H2,1-2H3,(H2,23,27). The smallest absolute Gasteiger partial charge is 0.248 e. The van der Waals surface area contributed by atoms with Crippen molar-refractivity contribution in [3.63, 3.8) is 0 Å². The summed E-state index contributed by atoms with van der Waals surface area (Å²) in [6.07, 6.45) is 1.92. The maximum atomic E-state index is 13.4. The van der Waals surface area contributed by atoms with E-state index in [1.165, 1.54) is 12.1 Å². The van der Waals surface area contributed by atoms with Gasteiger partial charge in [-0.25, -0.2) is 4.39 Å². The number of primary amides is 1. The number of amides is 1. The van der Waals surface area contributed by atoms with Crippen LogP contribution in [0.4, 0.5) is 4.39 Å². The lowest BCUT2D eigenvalue weighted by atomic mass is 9.94. The van der Waals surface area contributed by atoms with Crippen LogP contribution < -0.4 is 5.73 Å². The molecule has 1 aliphatic rings. The van der Waals surface area contributed by atoms with Crippen LogP contribution in [0.1, 0.15) is 54.5 Å². The fourth-order valence-electron chi connectivity index (χ4n) is 3.62. The highest BCUT2D eigenvalue weighted by molar-refractivity contribution is 5.93. The van der Waals surface area contributed by atoms with Crippen molar-refractivity contribution in [1.82, 2.24) is 14.8 Å². The summed E-state index contributed by atoms with van der Waals surface area (Å²) >= 11 is 0. The van der Waals surface area contributed by atoms with Crippen LogP contribution >= 0.6 is 0 Å². The van der Waals surface area contributed by atoms with Crippen LogP contribution in [0.15, 0.2) is 48.5 Å². The Bertz CT molecular complexity index is 986. The van der Waals surface area contributed by atoms with Gasteiger partial charge in [-0.1, -0.05) is 24.3 Å². The van der Waals surface area contributed by atoms with Gasteiger partial charge in [0.25, 0.3) is 0 Å². The van der Waals surface area contributed by atoms with E-state index < -0.39 is 5.91 Å². The number of rotatable bonds is 5.